The largest absolute Gasteiger partial charge is 0.469 e. The third-order valence-electron chi connectivity index (χ3n) is 2.61. The molecule has 0 aliphatic rings. The van der Waals surface area contributed by atoms with E-state index in [0.717, 1.165) is 0 Å². The van der Waals surface area contributed by atoms with Gasteiger partial charge in [-0.2, -0.15) is 0 Å². The molecule has 1 aromatic rings. The van der Waals surface area contributed by atoms with Gasteiger partial charge in [0.15, 0.2) is 0 Å². The molecule has 1 N–H and O–H groups in total. The summed E-state index contributed by atoms with van der Waals surface area (Å²) in [6.07, 6.45) is 0.841. The van der Waals surface area contributed by atoms with Crippen LogP contribution in [0.3, 0.4) is 0 Å². The van der Waals surface area contributed by atoms with Gasteiger partial charge in [-0.1, -0.05) is 11.8 Å². The topological polar surface area (TPSA) is 66.8 Å². The first-order valence-corrected chi connectivity index (χ1v) is 6.97. The van der Waals surface area contributed by atoms with Gasteiger partial charge < -0.3 is 14.7 Å². The Morgan fingerprint density at radius 2 is 2.25 bits per heavy atom. The fourth-order valence-corrected chi connectivity index (χ4v) is 2.39. The van der Waals surface area contributed by atoms with Gasteiger partial charge in [0, 0.05) is 25.6 Å². The molecule has 0 unspecified atom stereocenters. The van der Waals surface area contributed by atoms with Crippen LogP contribution in [0.1, 0.15) is 28.1 Å². The van der Waals surface area contributed by atoms with E-state index in [-0.39, 0.29) is 24.9 Å². The molecule has 0 aromatic carbocycles. The molecule has 5 nitrogen and oxygen atoms in total. The number of nitrogens with zero attached hydrogens (tertiary/aromatic N) is 1. The number of ether oxygens (including phenoxy) is 1. The lowest BCUT2D eigenvalue weighted by molar-refractivity contribution is -0.140. The molecule has 6 heteroatoms. The number of thiophene rings is 1. The number of carbonyl (C=O) groups excluding carboxylic acids is 2. The van der Waals surface area contributed by atoms with Crippen molar-refractivity contribution in [1.29, 1.82) is 0 Å². The van der Waals surface area contributed by atoms with Gasteiger partial charge >= 0.3 is 5.97 Å². The van der Waals surface area contributed by atoms with E-state index in [1.807, 2.05) is 0 Å². The molecule has 20 heavy (non-hydrogen) atoms. The lowest BCUT2D eigenvalue weighted by atomic mass is 10.2. The summed E-state index contributed by atoms with van der Waals surface area (Å²) in [4.78, 5) is 25.3. The zero-order valence-corrected chi connectivity index (χ0v) is 12.3. The first kappa shape index (κ1) is 16.2. The number of methoxy groups -OCH3 is 1. The summed E-state index contributed by atoms with van der Waals surface area (Å²) in [7, 11) is 3.03. The number of aliphatic hydroxyl groups is 1. The van der Waals surface area contributed by atoms with E-state index in [4.69, 9.17) is 5.11 Å². The zero-order chi connectivity index (χ0) is 15.0. The summed E-state index contributed by atoms with van der Waals surface area (Å²) in [6, 6.07) is 1.75. The molecule has 0 aliphatic carbocycles. The SMILES string of the molecule is COC(=O)CCCN(C)C(=O)c1sccc1C#CCO. The molecule has 0 saturated carbocycles. The zero-order valence-electron chi connectivity index (χ0n) is 11.5. The minimum Gasteiger partial charge on any atom is -0.469 e. The van der Waals surface area contributed by atoms with Gasteiger partial charge in [-0.15, -0.1) is 11.3 Å². The highest BCUT2D eigenvalue weighted by molar-refractivity contribution is 7.12. The lowest BCUT2D eigenvalue weighted by Gasteiger charge is -2.16. The second kappa shape index (κ2) is 8.35. The van der Waals surface area contributed by atoms with Crippen molar-refractivity contribution in [3.8, 4) is 11.8 Å². The second-order valence-corrected chi connectivity index (χ2v) is 4.95. The molecule has 1 rings (SSSR count). The van der Waals surface area contributed by atoms with Crippen molar-refractivity contribution in [2.45, 2.75) is 12.8 Å². The number of hydrogen-bond acceptors (Lipinski definition) is 5. The van der Waals surface area contributed by atoms with E-state index in [9.17, 15) is 9.59 Å². The molecule has 0 bridgehead atoms. The Morgan fingerprint density at radius 3 is 2.90 bits per heavy atom. The lowest BCUT2D eigenvalue weighted by Crippen LogP contribution is -2.28. The van der Waals surface area contributed by atoms with Crippen LogP contribution in [0.4, 0.5) is 0 Å². The van der Waals surface area contributed by atoms with E-state index < -0.39 is 0 Å². The van der Waals surface area contributed by atoms with E-state index in [0.29, 0.717) is 23.4 Å². The second-order valence-electron chi connectivity index (χ2n) is 4.03. The van der Waals surface area contributed by atoms with Gasteiger partial charge in [0.1, 0.15) is 11.5 Å². The summed E-state index contributed by atoms with van der Waals surface area (Å²) in [5.41, 5.74) is 0.619. The van der Waals surface area contributed by atoms with Crippen molar-refractivity contribution in [1.82, 2.24) is 4.90 Å². The maximum absolute atomic E-state index is 12.2. The first-order chi connectivity index (χ1) is 9.60. The molecule has 0 radical (unpaired) electrons. The van der Waals surface area contributed by atoms with Crippen molar-refractivity contribution in [3.63, 3.8) is 0 Å². The van der Waals surface area contributed by atoms with Crippen molar-refractivity contribution >= 4 is 23.2 Å². The van der Waals surface area contributed by atoms with Crippen LogP contribution < -0.4 is 0 Å². The molecule has 1 amide bonds. The molecule has 108 valence electrons. The summed E-state index contributed by atoms with van der Waals surface area (Å²) < 4.78 is 4.55. The summed E-state index contributed by atoms with van der Waals surface area (Å²) in [5.74, 6) is 4.87. The van der Waals surface area contributed by atoms with Crippen LogP contribution in [0.2, 0.25) is 0 Å². The van der Waals surface area contributed by atoms with Gasteiger partial charge in [-0.05, 0) is 17.9 Å². The predicted octanol–water partition coefficient (Wildman–Crippen LogP) is 1.12. The number of aliphatic hydroxyl groups excluding tert-OH is 1. The fraction of sp³-hybridized carbons (Fsp3) is 0.429. The predicted molar refractivity (Wildman–Crippen MR) is 76.5 cm³/mol. The van der Waals surface area contributed by atoms with E-state index in [1.165, 1.54) is 18.4 Å². The van der Waals surface area contributed by atoms with Crippen LogP contribution in [-0.4, -0.2) is 49.2 Å². The van der Waals surface area contributed by atoms with Gasteiger partial charge in [0.25, 0.3) is 5.91 Å². The standard InChI is InChI=1S/C14H17NO4S/c1-15(8-3-6-12(17)19-2)14(18)13-11(5-4-9-16)7-10-20-13/h7,10,16H,3,6,8-9H2,1-2H3. The quantitative estimate of drug-likeness (QED) is 0.653. The van der Waals surface area contributed by atoms with Gasteiger partial charge in [0.05, 0.1) is 7.11 Å². The molecular weight excluding hydrogens is 278 g/mol. The molecule has 0 spiro atoms. The number of rotatable bonds is 5. The van der Waals surface area contributed by atoms with Gasteiger partial charge in [-0.3, -0.25) is 9.59 Å². The van der Waals surface area contributed by atoms with Crippen molar-refractivity contribution in [3.05, 3.63) is 21.9 Å². The highest BCUT2D eigenvalue weighted by Gasteiger charge is 2.16. The Labute approximate surface area is 122 Å². The summed E-state index contributed by atoms with van der Waals surface area (Å²) in [5, 5.41) is 10.5. The van der Waals surface area contributed by atoms with Crippen LogP contribution >= 0.6 is 11.3 Å². The molecule has 0 fully saturated rings. The first-order valence-electron chi connectivity index (χ1n) is 6.09. The van der Waals surface area contributed by atoms with Crippen molar-refractivity contribution in [2.24, 2.45) is 0 Å². The summed E-state index contributed by atoms with van der Waals surface area (Å²) in [6.45, 7) is 0.233. The Morgan fingerprint density at radius 1 is 1.50 bits per heavy atom. The highest BCUT2D eigenvalue weighted by Crippen LogP contribution is 2.18. The number of esters is 1. The smallest absolute Gasteiger partial charge is 0.305 e. The van der Waals surface area contributed by atoms with Crippen molar-refractivity contribution < 1.29 is 19.4 Å². The molecule has 0 atom stereocenters. The van der Waals surface area contributed by atoms with E-state index in [1.54, 1.807) is 23.4 Å². The van der Waals surface area contributed by atoms with Crippen LogP contribution in [0, 0.1) is 11.8 Å². The van der Waals surface area contributed by atoms with Crippen molar-refractivity contribution in [2.75, 3.05) is 27.3 Å². The molecular formula is C14H17NO4S. The third-order valence-corrected chi connectivity index (χ3v) is 3.51. The van der Waals surface area contributed by atoms with Crippen LogP contribution in [-0.2, 0) is 9.53 Å². The number of carbonyl (C=O) groups is 2. The monoisotopic (exact) mass is 295 g/mol. The van der Waals surface area contributed by atoms with E-state index in [2.05, 4.69) is 16.6 Å². The number of hydrogen-bond donors (Lipinski definition) is 1. The molecule has 1 heterocycles. The molecule has 1 aromatic heterocycles. The minimum atomic E-state index is -0.281. The number of amides is 1. The fourth-order valence-electron chi connectivity index (χ4n) is 1.55. The van der Waals surface area contributed by atoms with Crippen LogP contribution in [0.25, 0.3) is 0 Å². The Kier molecular flexibility index (Phi) is 6.77. The average Bonchev–Trinajstić information content (AvgIpc) is 2.92. The van der Waals surface area contributed by atoms with Crippen LogP contribution in [0.15, 0.2) is 11.4 Å². The van der Waals surface area contributed by atoms with Gasteiger partial charge in [0.2, 0.25) is 0 Å². The van der Waals surface area contributed by atoms with Gasteiger partial charge in [-0.25, -0.2) is 0 Å². The average molecular weight is 295 g/mol. The summed E-state index contributed by atoms with van der Waals surface area (Å²) >= 11 is 1.31. The highest BCUT2D eigenvalue weighted by atomic mass is 32.1. The molecule has 0 saturated heterocycles. The normalized spacial score (nSPS) is 9.55. The van der Waals surface area contributed by atoms with E-state index >= 15 is 0 Å². The Hall–Kier alpha value is -1.84. The van der Waals surface area contributed by atoms with Crippen LogP contribution in [0.5, 0.6) is 0 Å². The third kappa shape index (κ3) is 4.68. The Bertz CT molecular complexity index is 527. The molecule has 0 aliphatic heterocycles. The maximum atomic E-state index is 12.2. The minimum absolute atomic E-state index is 0.132. The maximum Gasteiger partial charge on any atom is 0.305 e. The Balaban J connectivity index is 2.61.